The van der Waals surface area contributed by atoms with Crippen LogP contribution in [0, 0.1) is 5.41 Å². The van der Waals surface area contributed by atoms with Gasteiger partial charge in [-0.25, -0.2) is 0 Å². The van der Waals surface area contributed by atoms with Crippen LogP contribution < -0.4 is 10.6 Å². The molecule has 0 aliphatic rings. The number of aliphatic hydroxyl groups is 1. The number of carbonyl (C=O) groups excluding carboxylic acids is 2. The van der Waals surface area contributed by atoms with Crippen molar-refractivity contribution in [3.05, 3.63) is 30.3 Å². The van der Waals surface area contributed by atoms with Crippen LogP contribution in [0.1, 0.15) is 27.2 Å². The molecule has 0 unspecified atom stereocenters. The van der Waals surface area contributed by atoms with Crippen molar-refractivity contribution < 1.29 is 14.7 Å². The molecule has 1 atom stereocenters. The molecule has 5 heteroatoms. The summed E-state index contributed by atoms with van der Waals surface area (Å²) in [6.45, 7) is 6.02. The first-order valence-electron chi connectivity index (χ1n) is 6.63. The second kappa shape index (κ2) is 7.05. The average molecular weight is 278 g/mol. The van der Waals surface area contributed by atoms with Gasteiger partial charge in [0.15, 0.2) is 0 Å². The van der Waals surface area contributed by atoms with Gasteiger partial charge in [-0.15, -0.1) is 0 Å². The van der Waals surface area contributed by atoms with Crippen LogP contribution in [0.3, 0.4) is 0 Å². The zero-order valence-corrected chi connectivity index (χ0v) is 12.1. The predicted octanol–water partition coefficient (Wildman–Crippen LogP) is 1.54. The monoisotopic (exact) mass is 278 g/mol. The number of benzene rings is 1. The summed E-state index contributed by atoms with van der Waals surface area (Å²) in [4.78, 5) is 23.2. The third kappa shape index (κ3) is 5.40. The van der Waals surface area contributed by atoms with Gasteiger partial charge in [-0.1, -0.05) is 39.0 Å². The van der Waals surface area contributed by atoms with Crippen LogP contribution >= 0.6 is 0 Å². The molecule has 20 heavy (non-hydrogen) atoms. The normalized spacial score (nSPS) is 12.6. The Kier molecular flexibility index (Phi) is 5.70. The highest BCUT2D eigenvalue weighted by Crippen LogP contribution is 2.20. The minimum atomic E-state index is -0.707. The molecular weight excluding hydrogens is 256 g/mol. The minimum Gasteiger partial charge on any atom is -0.393 e. The molecule has 0 heterocycles. The van der Waals surface area contributed by atoms with Gasteiger partial charge in [-0.2, -0.15) is 0 Å². The molecule has 1 aromatic carbocycles. The van der Waals surface area contributed by atoms with Gasteiger partial charge in [0, 0.05) is 12.2 Å². The van der Waals surface area contributed by atoms with E-state index in [1.54, 1.807) is 24.3 Å². The fraction of sp³-hybridized carbons (Fsp3) is 0.467. The van der Waals surface area contributed by atoms with Crippen molar-refractivity contribution in [3.8, 4) is 0 Å². The summed E-state index contributed by atoms with van der Waals surface area (Å²) in [5, 5.41) is 14.8. The summed E-state index contributed by atoms with van der Waals surface area (Å²) in [5.74, 6) is -1.41. The van der Waals surface area contributed by atoms with E-state index in [0.29, 0.717) is 12.1 Å². The first-order chi connectivity index (χ1) is 9.30. The zero-order chi connectivity index (χ0) is 15.2. The van der Waals surface area contributed by atoms with Gasteiger partial charge in [0.1, 0.15) is 0 Å². The van der Waals surface area contributed by atoms with Crippen LogP contribution in [-0.4, -0.2) is 29.6 Å². The number of para-hydroxylation sites is 1. The lowest BCUT2D eigenvalue weighted by Crippen LogP contribution is -2.38. The summed E-state index contributed by atoms with van der Waals surface area (Å²) < 4.78 is 0. The van der Waals surface area contributed by atoms with Crippen LogP contribution in [-0.2, 0) is 9.59 Å². The van der Waals surface area contributed by atoms with Crippen molar-refractivity contribution in [2.45, 2.75) is 33.3 Å². The number of nitrogens with one attached hydrogen (secondary N) is 2. The van der Waals surface area contributed by atoms with Crippen molar-refractivity contribution in [1.82, 2.24) is 5.32 Å². The van der Waals surface area contributed by atoms with Gasteiger partial charge in [-0.3, -0.25) is 9.59 Å². The Morgan fingerprint density at radius 2 is 1.75 bits per heavy atom. The highest BCUT2D eigenvalue weighted by atomic mass is 16.3. The van der Waals surface area contributed by atoms with Gasteiger partial charge in [0.25, 0.3) is 0 Å². The maximum Gasteiger partial charge on any atom is 0.313 e. The highest BCUT2D eigenvalue weighted by molar-refractivity contribution is 6.39. The fourth-order valence-corrected chi connectivity index (χ4v) is 1.55. The molecule has 5 nitrogen and oxygen atoms in total. The summed E-state index contributed by atoms with van der Waals surface area (Å²) in [5.41, 5.74) is 0.333. The van der Waals surface area contributed by atoms with Crippen molar-refractivity contribution in [1.29, 1.82) is 0 Å². The van der Waals surface area contributed by atoms with Gasteiger partial charge in [-0.05, 0) is 24.0 Å². The molecule has 2 amide bonds. The third-order valence-electron chi connectivity index (χ3n) is 2.94. The van der Waals surface area contributed by atoms with E-state index in [-0.39, 0.29) is 12.0 Å². The van der Waals surface area contributed by atoms with Gasteiger partial charge >= 0.3 is 11.8 Å². The minimum absolute atomic E-state index is 0.239. The molecule has 3 N–H and O–H groups in total. The summed E-state index contributed by atoms with van der Waals surface area (Å²) in [6.07, 6.45) is -0.117. The van der Waals surface area contributed by atoms with E-state index in [2.05, 4.69) is 10.6 Å². The molecule has 0 fully saturated rings. The summed E-state index contributed by atoms with van der Waals surface area (Å²) >= 11 is 0. The standard InChI is InChI=1S/C15H22N2O3/c1-15(2,3)12(18)9-10-16-13(19)14(20)17-11-7-5-4-6-8-11/h4-8,12,18H,9-10H2,1-3H3,(H,16,19)(H,17,20)/t12-/m0/s1. The molecule has 0 bridgehead atoms. The highest BCUT2D eigenvalue weighted by Gasteiger charge is 2.22. The van der Waals surface area contributed by atoms with Crippen molar-refractivity contribution in [2.75, 3.05) is 11.9 Å². The quantitative estimate of drug-likeness (QED) is 0.731. The van der Waals surface area contributed by atoms with E-state index >= 15 is 0 Å². The molecule has 0 aromatic heterocycles. The Balaban J connectivity index is 2.34. The van der Waals surface area contributed by atoms with E-state index in [0.717, 1.165) is 0 Å². The number of carbonyl (C=O) groups is 2. The topological polar surface area (TPSA) is 78.4 Å². The summed E-state index contributed by atoms with van der Waals surface area (Å²) in [6, 6.07) is 8.77. The van der Waals surface area contributed by atoms with E-state index in [9.17, 15) is 14.7 Å². The third-order valence-corrected chi connectivity index (χ3v) is 2.94. The molecule has 0 aliphatic heterocycles. The van der Waals surface area contributed by atoms with E-state index < -0.39 is 17.9 Å². The van der Waals surface area contributed by atoms with Gasteiger partial charge < -0.3 is 15.7 Å². The molecule has 0 spiro atoms. The number of hydrogen-bond donors (Lipinski definition) is 3. The molecule has 1 aromatic rings. The molecule has 110 valence electrons. The van der Waals surface area contributed by atoms with Gasteiger partial charge in [0.05, 0.1) is 6.10 Å². The average Bonchev–Trinajstić information content (AvgIpc) is 2.38. The van der Waals surface area contributed by atoms with Crippen LogP contribution in [0.5, 0.6) is 0 Å². The smallest absolute Gasteiger partial charge is 0.313 e. The van der Waals surface area contributed by atoms with Crippen molar-refractivity contribution in [2.24, 2.45) is 5.41 Å². The lowest BCUT2D eigenvalue weighted by molar-refractivity contribution is -0.136. The largest absolute Gasteiger partial charge is 0.393 e. The Morgan fingerprint density at radius 1 is 1.15 bits per heavy atom. The Labute approximate surface area is 119 Å². The van der Waals surface area contributed by atoms with Crippen LogP contribution in [0.15, 0.2) is 30.3 Å². The van der Waals surface area contributed by atoms with E-state index in [4.69, 9.17) is 0 Å². The number of hydrogen-bond acceptors (Lipinski definition) is 3. The van der Waals surface area contributed by atoms with Crippen LogP contribution in [0.2, 0.25) is 0 Å². The first-order valence-corrected chi connectivity index (χ1v) is 6.63. The fourth-order valence-electron chi connectivity index (χ4n) is 1.55. The molecule has 0 radical (unpaired) electrons. The number of amides is 2. The second-order valence-electron chi connectivity index (χ2n) is 5.75. The zero-order valence-electron chi connectivity index (χ0n) is 12.1. The SMILES string of the molecule is CC(C)(C)[C@@H](O)CCNC(=O)C(=O)Nc1ccccc1. The van der Waals surface area contributed by atoms with E-state index in [1.165, 1.54) is 0 Å². The number of rotatable bonds is 4. The number of aliphatic hydroxyl groups excluding tert-OH is 1. The molecule has 1 rings (SSSR count). The second-order valence-corrected chi connectivity index (χ2v) is 5.75. The lowest BCUT2D eigenvalue weighted by Gasteiger charge is -2.25. The lowest BCUT2D eigenvalue weighted by atomic mass is 9.87. The van der Waals surface area contributed by atoms with Crippen molar-refractivity contribution >= 4 is 17.5 Å². The maximum atomic E-state index is 11.6. The maximum absolute atomic E-state index is 11.6. The molecular formula is C15H22N2O3. The molecule has 0 saturated heterocycles. The number of anilines is 1. The van der Waals surface area contributed by atoms with Crippen LogP contribution in [0.25, 0.3) is 0 Å². The van der Waals surface area contributed by atoms with E-state index in [1.807, 2.05) is 26.8 Å². The summed E-state index contributed by atoms with van der Waals surface area (Å²) in [7, 11) is 0. The van der Waals surface area contributed by atoms with Crippen LogP contribution in [0.4, 0.5) is 5.69 Å². The molecule has 0 saturated carbocycles. The molecule has 0 aliphatic carbocycles. The van der Waals surface area contributed by atoms with Gasteiger partial charge in [0.2, 0.25) is 0 Å². The Morgan fingerprint density at radius 3 is 2.30 bits per heavy atom. The van der Waals surface area contributed by atoms with Crippen molar-refractivity contribution in [3.63, 3.8) is 0 Å². The predicted molar refractivity (Wildman–Crippen MR) is 78.2 cm³/mol. The first kappa shape index (κ1) is 16.2. The Hall–Kier alpha value is -1.88. The Bertz CT molecular complexity index is 452.